The van der Waals surface area contributed by atoms with Crippen LogP contribution in [0.15, 0.2) is 36.4 Å². The molecular weight excluding hydrogens is 260 g/mol. The predicted octanol–water partition coefficient (Wildman–Crippen LogP) is 3.52. The Morgan fingerprint density at radius 3 is 2.50 bits per heavy atom. The number of para-hydroxylation sites is 1. The van der Waals surface area contributed by atoms with Gasteiger partial charge in [-0.25, -0.2) is 8.78 Å². The first-order chi connectivity index (χ1) is 9.54. The molecule has 0 saturated carbocycles. The van der Waals surface area contributed by atoms with Crippen LogP contribution in [0.5, 0.6) is 5.75 Å². The number of hydrogen-bond donors (Lipinski definition) is 1. The molecule has 2 rings (SSSR count). The van der Waals surface area contributed by atoms with Crippen molar-refractivity contribution in [1.29, 1.82) is 0 Å². The highest BCUT2D eigenvalue weighted by molar-refractivity contribution is 5.36. The molecule has 0 heterocycles. The van der Waals surface area contributed by atoms with E-state index in [-0.39, 0.29) is 11.1 Å². The molecule has 20 heavy (non-hydrogen) atoms. The van der Waals surface area contributed by atoms with Crippen molar-refractivity contribution in [2.24, 2.45) is 5.73 Å². The van der Waals surface area contributed by atoms with Crippen LogP contribution in [0.4, 0.5) is 8.78 Å². The third-order valence-electron chi connectivity index (χ3n) is 3.34. The minimum absolute atomic E-state index is 0.180. The maximum atomic E-state index is 13.9. The van der Waals surface area contributed by atoms with Crippen molar-refractivity contribution in [2.45, 2.75) is 19.4 Å². The SMILES string of the molecule is COc1ccccc1CC(N)c1ccc(C)c(F)c1F. The molecule has 4 heteroatoms. The minimum Gasteiger partial charge on any atom is -0.496 e. The number of ether oxygens (including phenoxy) is 1. The second kappa shape index (κ2) is 6.01. The van der Waals surface area contributed by atoms with Gasteiger partial charge in [0.25, 0.3) is 0 Å². The summed E-state index contributed by atoms with van der Waals surface area (Å²) in [7, 11) is 1.57. The lowest BCUT2D eigenvalue weighted by atomic mass is 9.97. The summed E-state index contributed by atoms with van der Waals surface area (Å²) in [5, 5.41) is 0. The summed E-state index contributed by atoms with van der Waals surface area (Å²) in [4.78, 5) is 0. The summed E-state index contributed by atoms with van der Waals surface area (Å²) in [5.41, 5.74) is 7.33. The number of benzene rings is 2. The Kier molecular flexibility index (Phi) is 4.35. The van der Waals surface area contributed by atoms with Crippen LogP contribution in [0.1, 0.15) is 22.7 Å². The van der Waals surface area contributed by atoms with Gasteiger partial charge in [0.2, 0.25) is 0 Å². The highest BCUT2D eigenvalue weighted by Crippen LogP contribution is 2.26. The Morgan fingerprint density at radius 1 is 1.10 bits per heavy atom. The number of methoxy groups -OCH3 is 1. The molecule has 0 aliphatic rings. The highest BCUT2D eigenvalue weighted by atomic mass is 19.2. The molecule has 2 aromatic rings. The van der Waals surface area contributed by atoms with Crippen LogP contribution in [-0.2, 0) is 6.42 Å². The first kappa shape index (κ1) is 14.5. The Labute approximate surface area is 117 Å². The van der Waals surface area contributed by atoms with Gasteiger partial charge in [0, 0.05) is 11.6 Å². The molecule has 0 amide bonds. The second-order valence-electron chi connectivity index (χ2n) is 4.72. The van der Waals surface area contributed by atoms with Crippen LogP contribution < -0.4 is 10.5 Å². The molecule has 0 aromatic heterocycles. The van der Waals surface area contributed by atoms with E-state index in [1.54, 1.807) is 7.11 Å². The monoisotopic (exact) mass is 277 g/mol. The fourth-order valence-electron chi connectivity index (χ4n) is 2.17. The zero-order valence-corrected chi connectivity index (χ0v) is 11.5. The lowest BCUT2D eigenvalue weighted by Crippen LogP contribution is -2.16. The Bertz CT molecular complexity index is 613. The third kappa shape index (κ3) is 2.80. The molecule has 1 atom stereocenters. The first-order valence-electron chi connectivity index (χ1n) is 6.36. The van der Waals surface area contributed by atoms with Crippen LogP contribution in [-0.4, -0.2) is 7.11 Å². The lowest BCUT2D eigenvalue weighted by molar-refractivity contribution is 0.407. The van der Waals surface area contributed by atoms with E-state index in [0.717, 1.165) is 5.56 Å². The molecule has 2 N–H and O–H groups in total. The topological polar surface area (TPSA) is 35.2 Å². The van der Waals surface area contributed by atoms with Crippen LogP contribution in [0.3, 0.4) is 0 Å². The van der Waals surface area contributed by atoms with Gasteiger partial charge >= 0.3 is 0 Å². The van der Waals surface area contributed by atoms with Crippen molar-refractivity contribution < 1.29 is 13.5 Å². The van der Waals surface area contributed by atoms with Crippen molar-refractivity contribution in [1.82, 2.24) is 0 Å². The minimum atomic E-state index is -0.868. The van der Waals surface area contributed by atoms with E-state index < -0.39 is 17.7 Å². The quantitative estimate of drug-likeness (QED) is 0.928. The Morgan fingerprint density at radius 2 is 1.80 bits per heavy atom. The average molecular weight is 277 g/mol. The molecule has 0 bridgehead atoms. The van der Waals surface area contributed by atoms with E-state index in [1.165, 1.54) is 19.1 Å². The van der Waals surface area contributed by atoms with Gasteiger partial charge in [-0.2, -0.15) is 0 Å². The third-order valence-corrected chi connectivity index (χ3v) is 3.34. The zero-order valence-electron chi connectivity index (χ0n) is 11.5. The summed E-state index contributed by atoms with van der Waals surface area (Å²) in [6.07, 6.45) is 0.378. The van der Waals surface area contributed by atoms with Gasteiger partial charge < -0.3 is 10.5 Å². The molecule has 0 saturated heterocycles. The second-order valence-corrected chi connectivity index (χ2v) is 4.72. The summed E-state index contributed by atoms with van der Waals surface area (Å²) in [6, 6.07) is 9.83. The number of nitrogens with two attached hydrogens (primary N) is 1. The normalized spacial score (nSPS) is 12.2. The highest BCUT2D eigenvalue weighted by Gasteiger charge is 2.18. The number of halogens is 2. The molecule has 2 aromatic carbocycles. The van der Waals surface area contributed by atoms with Crippen molar-refractivity contribution in [2.75, 3.05) is 7.11 Å². The fraction of sp³-hybridized carbons (Fsp3) is 0.250. The van der Waals surface area contributed by atoms with Crippen LogP contribution in [0.25, 0.3) is 0 Å². The molecular formula is C16H17F2NO. The molecule has 0 aliphatic heterocycles. The first-order valence-corrected chi connectivity index (χ1v) is 6.36. The van der Waals surface area contributed by atoms with Gasteiger partial charge in [0.15, 0.2) is 11.6 Å². The summed E-state index contributed by atoms with van der Waals surface area (Å²) >= 11 is 0. The molecule has 0 fully saturated rings. The van der Waals surface area contributed by atoms with Gasteiger partial charge in [-0.05, 0) is 30.5 Å². The van der Waals surface area contributed by atoms with Crippen molar-refractivity contribution >= 4 is 0 Å². The van der Waals surface area contributed by atoms with Gasteiger partial charge in [-0.3, -0.25) is 0 Å². The van der Waals surface area contributed by atoms with Crippen LogP contribution in [0, 0.1) is 18.6 Å². The summed E-state index contributed by atoms with van der Waals surface area (Å²) in [6.45, 7) is 1.52. The number of rotatable bonds is 4. The maximum Gasteiger partial charge on any atom is 0.163 e. The van der Waals surface area contributed by atoms with E-state index in [4.69, 9.17) is 10.5 Å². The van der Waals surface area contributed by atoms with Gasteiger partial charge in [-0.1, -0.05) is 30.3 Å². The van der Waals surface area contributed by atoms with E-state index in [2.05, 4.69) is 0 Å². The summed E-state index contributed by atoms with van der Waals surface area (Å²) in [5.74, 6) is -1.01. The Balaban J connectivity index is 2.29. The smallest absolute Gasteiger partial charge is 0.163 e. The largest absolute Gasteiger partial charge is 0.496 e. The van der Waals surface area contributed by atoms with E-state index in [1.807, 2.05) is 24.3 Å². The lowest BCUT2D eigenvalue weighted by Gasteiger charge is -2.16. The average Bonchev–Trinajstić information content (AvgIpc) is 2.45. The molecule has 0 aliphatic carbocycles. The fourth-order valence-corrected chi connectivity index (χ4v) is 2.17. The van der Waals surface area contributed by atoms with E-state index >= 15 is 0 Å². The van der Waals surface area contributed by atoms with Crippen LogP contribution >= 0.6 is 0 Å². The zero-order chi connectivity index (χ0) is 14.7. The van der Waals surface area contributed by atoms with Crippen LogP contribution in [0.2, 0.25) is 0 Å². The van der Waals surface area contributed by atoms with E-state index in [0.29, 0.717) is 12.2 Å². The van der Waals surface area contributed by atoms with Crippen molar-refractivity contribution in [3.05, 3.63) is 64.7 Å². The van der Waals surface area contributed by atoms with Gasteiger partial charge in [-0.15, -0.1) is 0 Å². The number of hydrogen-bond acceptors (Lipinski definition) is 2. The van der Waals surface area contributed by atoms with E-state index in [9.17, 15) is 8.78 Å². The van der Waals surface area contributed by atoms with Crippen molar-refractivity contribution in [3.8, 4) is 5.75 Å². The standard InChI is InChI=1S/C16H17F2NO/c1-10-7-8-12(16(18)15(10)17)13(19)9-11-5-3-4-6-14(11)20-2/h3-8,13H,9,19H2,1-2H3. The van der Waals surface area contributed by atoms with Gasteiger partial charge in [0.1, 0.15) is 5.75 Å². The molecule has 106 valence electrons. The molecule has 0 spiro atoms. The van der Waals surface area contributed by atoms with Gasteiger partial charge in [0.05, 0.1) is 7.11 Å². The molecule has 0 radical (unpaired) electrons. The molecule has 1 unspecified atom stereocenters. The maximum absolute atomic E-state index is 13.9. The molecule has 2 nitrogen and oxygen atoms in total. The van der Waals surface area contributed by atoms with Crippen molar-refractivity contribution in [3.63, 3.8) is 0 Å². The predicted molar refractivity (Wildman–Crippen MR) is 74.7 cm³/mol. The summed E-state index contributed by atoms with van der Waals surface area (Å²) < 4.78 is 32.7. The Hall–Kier alpha value is -1.94. The number of aryl methyl sites for hydroxylation is 1.